The highest BCUT2D eigenvalue weighted by atomic mass is 16.6. The van der Waals surface area contributed by atoms with Gasteiger partial charge in [-0.05, 0) is 40.0 Å². The van der Waals surface area contributed by atoms with Crippen molar-refractivity contribution in [3.63, 3.8) is 0 Å². The molecule has 0 aromatic carbocycles. The van der Waals surface area contributed by atoms with Gasteiger partial charge in [-0.25, -0.2) is 4.79 Å². The number of likely N-dealkylation sites (tertiary alicyclic amines) is 1. The van der Waals surface area contributed by atoms with Crippen molar-refractivity contribution in [1.82, 2.24) is 10.2 Å². The molecule has 2 amide bonds. The zero-order valence-electron chi connectivity index (χ0n) is 17.1. The van der Waals surface area contributed by atoms with Crippen molar-refractivity contribution in [2.75, 3.05) is 19.7 Å². The van der Waals surface area contributed by atoms with E-state index in [1.54, 1.807) is 25.7 Å². The van der Waals surface area contributed by atoms with Gasteiger partial charge in [0.2, 0.25) is 16.9 Å². The van der Waals surface area contributed by atoms with Crippen molar-refractivity contribution in [3.8, 4) is 5.75 Å². The summed E-state index contributed by atoms with van der Waals surface area (Å²) in [6.07, 6.45) is 3.90. The first-order valence-corrected chi connectivity index (χ1v) is 9.75. The largest absolute Gasteiger partial charge is 0.486 e. The molecular weight excluding hydrogens is 364 g/mol. The van der Waals surface area contributed by atoms with Gasteiger partial charge >= 0.3 is 6.09 Å². The number of carbonyl (C=O) groups excluding carboxylic acids is 2. The van der Waals surface area contributed by atoms with Gasteiger partial charge in [-0.2, -0.15) is 0 Å². The lowest BCUT2D eigenvalue weighted by Crippen LogP contribution is -2.44. The van der Waals surface area contributed by atoms with Crippen LogP contribution in [0.5, 0.6) is 5.75 Å². The zero-order valence-corrected chi connectivity index (χ0v) is 17.1. The number of nitrogens with one attached hydrogen (secondary N) is 1. The van der Waals surface area contributed by atoms with E-state index in [-0.39, 0.29) is 29.5 Å². The van der Waals surface area contributed by atoms with E-state index in [1.807, 2.05) is 6.92 Å². The maximum atomic E-state index is 13.0. The lowest BCUT2D eigenvalue weighted by atomic mass is 10.2. The van der Waals surface area contributed by atoms with Crippen LogP contribution in [0.2, 0.25) is 0 Å². The molecule has 2 rings (SSSR count). The van der Waals surface area contributed by atoms with Gasteiger partial charge in [0.25, 0.3) is 5.91 Å². The lowest BCUT2D eigenvalue weighted by Gasteiger charge is -2.26. The van der Waals surface area contributed by atoms with Crippen LogP contribution >= 0.6 is 0 Å². The molecular formula is C20H30N2O6. The van der Waals surface area contributed by atoms with Gasteiger partial charge in [0.05, 0.1) is 12.9 Å². The molecule has 1 saturated heterocycles. The van der Waals surface area contributed by atoms with Gasteiger partial charge in [0.1, 0.15) is 5.60 Å². The predicted molar refractivity (Wildman–Crippen MR) is 104 cm³/mol. The summed E-state index contributed by atoms with van der Waals surface area (Å²) in [5.41, 5.74) is -0.971. The van der Waals surface area contributed by atoms with Crippen LogP contribution in [-0.2, 0) is 4.74 Å². The topological polar surface area (TPSA) is 98.1 Å². The first-order chi connectivity index (χ1) is 13.2. The van der Waals surface area contributed by atoms with E-state index < -0.39 is 17.6 Å². The molecule has 0 spiro atoms. The fourth-order valence-corrected chi connectivity index (χ4v) is 2.97. The second-order valence-electron chi connectivity index (χ2n) is 7.82. The zero-order chi connectivity index (χ0) is 20.7. The highest BCUT2D eigenvalue weighted by Gasteiger charge is 2.33. The molecule has 1 aliphatic heterocycles. The first-order valence-electron chi connectivity index (χ1n) is 9.75. The SMILES string of the molecule is CCCCOc1c(C(=O)N2CCC[C@@H]2CNC(=O)OC(C)(C)C)occc1=O. The molecule has 1 N–H and O–H groups in total. The van der Waals surface area contributed by atoms with Crippen molar-refractivity contribution in [2.45, 2.75) is 65.0 Å². The predicted octanol–water partition coefficient (Wildman–Crippen LogP) is 2.95. The summed E-state index contributed by atoms with van der Waals surface area (Å²) < 4.78 is 16.1. The third-order valence-electron chi connectivity index (χ3n) is 4.29. The summed E-state index contributed by atoms with van der Waals surface area (Å²) in [7, 11) is 0. The molecule has 0 unspecified atom stereocenters. The second-order valence-corrected chi connectivity index (χ2v) is 7.82. The van der Waals surface area contributed by atoms with Gasteiger partial charge in [0, 0.05) is 25.2 Å². The quantitative estimate of drug-likeness (QED) is 0.714. The fraction of sp³-hybridized carbons (Fsp3) is 0.650. The molecule has 1 fully saturated rings. The fourth-order valence-electron chi connectivity index (χ4n) is 2.97. The number of amides is 2. The normalized spacial score (nSPS) is 16.7. The number of ether oxygens (including phenoxy) is 2. The van der Waals surface area contributed by atoms with Crippen LogP contribution in [0.4, 0.5) is 4.79 Å². The molecule has 28 heavy (non-hydrogen) atoms. The molecule has 0 bridgehead atoms. The molecule has 1 aromatic rings. The minimum atomic E-state index is -0.590. The summed E-state index contributed by atoms with van der Waals surface area (Å²) in [6.45, 7) is 8.50. The number of nitrogens with zero attached hydrogens (tertiary/aromatic N) is 1. The van der Waals surface area contributed by atoms with E-state index in [9.17, 15) is 14.4 Å². The Labute approximate surface area is 165 Å². The molecule has 2 heterocycles. The Morgan fingerprint density at radius 1 is 1.36 bits per heavy atom. The maximum Gasteiger partial charge on any atom is 0.407 e. The Kier molecular flexibility index (Phi) is 7.48. The Hall–Kier alpha value is -2.51. The average Bonchev–Trinajstić information content (AvgIpc) is 3.08. The van der Waals surface area contributed by atoms with E-state index >= 15 is 0 Å². The monoisotopic (exact) mass is 394 g/mol. The summed E-state index contributed by atoms with van der Waals surface area (Å²) in [6, 6.07) is 1.04. The minimum absolute atomic E-state index is 0.0494. The van der Waals surface area contributed by atoms with Gasteiger partial charge in [-0.15, -0.1) is 0 Å². The smallest absolute Gasteiger partial charge is 0.407 e. The molecule has 1 aromatic heterocycles. The molecule has 8 heteroatoms. The molecule has 1 aliphatic rings. The first kappa shape index (κ1) is 21.8. The van der Waals surface area contributed by atoms with Crippen LogP contribution in [0, 0.1) is 0 Å². The van der Waals surface area contributed by atoms with Crippen molar-refractivity contribution >= 4 is 12.0 Å². The molecule has 0 aliphatic carbocycles. The number of carbonyl (C=O) groups is 2. The van der Waals surface area contributed by atoms with Crippen LogP contribution in [0.1, 0.15) is 63.9 Å². The van der Waals surface area contributed by atoms with E-state index in [0.717, 1.165) is 25.7 Å². The minimum Gasteiger partial charge on any atom is -0.486 e. The third kappa shape index (κ3) is 6.00. The molecule has 0 saturated carbocycles. The molecule has 8 nitrogen and oxygen atoms in total. The Morgan fingerprint density at radius 2 is 2.11 bits per heavy atom. The van der Waals surface area contributed by atoms with Gasteiger partial charge < -0.3 is 24.1 Å². The Bertz CT molecular complexity index is 737. The summed E-state index contributed by atoms with van der Waals surface area (Å²) in [5, 5.41) is 2.71. The maximum absolute atomic E-state index is 13.0. The number of hydrogen-bond donors (Lipinski definition) is 1. The highest BCUT2D eigenvalue weighted by molar-refractivity contribution is 5.94. The van der Waals surface area contributed by atoms with Crippen LogP contribution in [0.3, 0.4) is 0 Å². The molecule has 156 valence electrons. The summed E-state index contributed by atoms with van der Waals surface area (Å²) in [5.74, 6) is -0.544. The van der Waals surface area contributed by atoms with Crippen LogP contribution in [-0.4, -0.2) is 48.2 Å². The Balaban J connectivity index is 2.07. The average molecular weight is 394 g/mol. The highest BCUT2D eigenvalue weighted by Crippen LogP contribution is 2.23. The van der Waals surface area contributed by atoms with Gasteiger partial charge in [-0.1, -0.05) is 13.3 Å². The Morgan fingerprint density at radius 3 is 2.79 bits per heavy atom. The van der Waals surface area contributed by atoms with Crippen molar-refractivity contribution in [1.29, 1.82) is 0 Å². The van der Waals surface area contributed by atoms with E-state index in [1.165, 1.54) is 12.3 Å². The summed E-state index contributed by atoms with van der Waals surface area (Å²) in [4.78, 5) is 38.7. The van der Waals surface area contributed by atoms with Crippen molar-refractivity contribution < 1.29 is 23.5 Å². The van der Waals surface area contributed by atoms with Gasteiger partial charge in [-0.3, -0.25) is 9.59 Å². The van der Waals surface area contributed by atoms with Crippen LogP contribution in [0.15, 0.2) is 21.5 Å². The number of rotatable bonds is 7. The molecule has 0 radical (unpaired) electrons. The lowest BCUT2D eigenvalue weighted by molar-refractivity contribution is 0.0497. The number of hydrogen-bond acceptors (Lipinski definition) is 6. The number of alkyl carbamates (subject to hydrolysis) is 1. The van der Waals surface area contributed by atoms with E-state index in [4.69, 9.17) is 13.9 Å². The molecule has 1 atom stereocenters. The van der Waals surface area contributed by atoms with Crippen molar-refractivity contribution in [3.05, 3.63) is 28.3 Å². The summed E-state index contributed by atoms with van der Waals surface area (Å²) >= 11 is 0. The number of unbranched alkanes of at least 4 members (excludes halogenated alkanes) is 1. The van der Waals surface area contributed by atoms with Crippen LogP contribution in [0.25, 0.3) is 0 Å². The van der Waals surface area contributed by atoms with E-state index in [0.29, 0.717) is 13.2 Å². The second kappa shape index (κ2) is 9.61. The van der Waals surface area contributed by atoms with Crippen molar-refractivity contribution in [2.24, 2.45) is 0 Å². The van der Waals surface area contributed by atoms with Crippen LogP contribution < -0.4 is 15.5 Å². The standard InChI is InChI=1S/C20H30N2O6/c1-5-6-11-26-16-15(23)9-12-27-17(16)18(24)22-10-7-8-14(22)13-21-19(25)28-20(2,3)4/h9,12,14H,5-8,10-11,13H2,1-4H3,(H,21,25)/t14-/m1/s1. The van der Waals surface area contributed by atoms with Gasteiger partial charge in [0.15, 0.2) is 0 Å². The third-order valence-corrected chi connectivity index (χ3v) is 4.29. The van der Waals surface area contributed by atoms with E-state index in [2.05, 4.69) is 5.32 Å².